The third-order valence-electron chi connectivity index (χ3n) is 3.59. The highest BCUT2D eigenvalue weighted by molar-refractivity contribution is 5.99. The van der Waals surface area contributed by atoms with Gasteiger partial charge in [0.15, 0.2) is 11.5 Å². The summed E-state index contributed by atoms with van der Waals surface area (Å²) in [5, 5.41) is 2.41. The lowest BCUT2D eigenvalue weighted by Crippen LogP contribution is -2.32. The number of hydrogen-bond acceptors (Lipinski definition) is 3. The van der Waals surface area contributed by atoms with Gasteiger partial charge in [0, 0.05) is 31.8 Å². The molecule has 0 spiro atoms. The zero-order chi connectivity index (χ0) is 17.7. The van der Waals surface area contributed by atoms with Crippen LogP contribution < -0.4 is 10.9 Å². The maximum Gasteiger partial charge on any atom is 0.263 e. The standard InChI is InChI=1S/C18H17N3O3/c1-4-16(22)13-9-15(17(23)20-3)18(24)21(11-13)10-12-6-5-7-14(8-12)19-2/h5-9,11H,4,10H2,1,3H3,(H,20,23). The Balaban J connectivity index is 2.55. The molecule has 0 saturated heterocycles. The number of amides is 1. The molecule has 0 aliphatic rings. The van der Waals surface area contributed by atoms with E-state index in [2.05, 4.69) is 10.2 Å². The van der Waals surface area contributed by atoms with Crippen molar-refractivity contribution in [2.45, 2.75) is 19.9 Å². The molecule has 0 fully saturated rings. The highest BCUT2D eigenvalue weighted by Gasteiger charge is 2.16. The van der Waals surface area contributed by atoms with Crippen LogP contribution in [0.5, 0.6) is 0 Å². The molecule has 0 atom stereocenters. The molecule has 0 aliphatic heterocycles. The van der Waals surface area contributed by atoms with E-state index in [9.17, 15) is 14.4 Å². The fraction of sp³-hybridized carbons (Fsp3) is 0.222. The third kappa shape index (κ3) is 3.58. The smallest absolute Gasteiger partial charge is 0.263 e. The van der Waals surface area contributed by atoms with Gasteiger partial charge in [0.1, 0.15) is 5.56 Å². The van der Waals surface area contributed by atoms with E-state index >= 15 is 0 Å². The van der Waals surface area contributed by atoms with Crippen LogP contribution in [-0.4, -0.2) is 23.3 Å². The van der Waals surface area contributed by atoms with Crippen LogP contribution in [0.25, 0.3) is 4.85 Å². The van der Waals surface area contributed by atoms with Crippen molar-refractivity contribution in [3.63, 3.8) is 0 Å². The summed E-state index contributed by atoms with van der Waals surface area (Å²) in [5.74, 6) is -0.682. The molecule has 0 unspecified atom stereocenters. The van der Waals surface area contributed by atoms with Crippen LogP contribution in [0.15, 0.2) is 41.3 Å². The number of rotatable bonds is 5. The topological polar surface area (TPSA) is 72.5 Å². The quantitative estimate of drug-likeness (QED) is 0.678. The Morgan fingerprint density at radius 2 is 2.04 bits per heavy atom. The van der Waals surface area contributed by atoms with Crippen LogP contribution in [-0.2, 0) is 6.54 Å². The van der Waals surface area contributed by atoms with E-state index in [0.29, 0.717) is 11.3 Å². The first-order chi connectivity index (χ1) is 11.5. The van der Waals surface area contributed by atoms with Crippen LogP contribution in [0.1, 0.15) is 39.6 Å². The van der Waals surface area contributed by atoms with Gasteiger partial charge in [-0.3, -0.25) is 14.4 Å². The van der Waals surface area contributed by atoms with Gasteiger partial charge in [-0.25, -0.2) is 4.85 Å². The minimum atomic E-state index is -0.533. The molecule has 1 amide bonds. The fourth-order valence-electron chi connectivity index (χ4n) is 2.33. The number of benzene rings is 1. The maximum atomic E-state index is 12.5. The molecule has 1 heterocycles. The van der Waals surface area contributed by atoms with Gasteiger partial charge < -0.3 is 9.88 Å². The van der Waals surface area contributed by atoms with Crippen LogP contribution in [0.4, 0.5) is 5.69 Å². The van der Waals surface area contributed by atoms with Crippen LogP contribution in [0.2, 0.25) is 0 Å². The van der Waals surface area contributed by atoms with Crippen molar-refractivity contribution in [1.82, 2.24) is 9.88 Å². The number of hydrogen-bond donors (Lipinski definition) is 1. The van der Waals surface area contributed by atoms with E-state index in [1.807, 2.05) is 0 Å². The molecule has 2 aromatic rings. The molecule has 0 aliphatic carbocycles. The van der Waals surface area contributed by atoms with Gasteiger partial charge in [-0.1, -0.05) is 31.2 Å². The third-order valence-corrected chi connectivity index (χ3v) is 3.59. The number of nitrogens with one attached hydrogen (secondary N) is 1. The van der Waals surface area contributed by atoms with Crippen molar-refractivity contribution in [2.24, 2.45) is 0 Å². The average molecular weight is 323 g/mol. The molecule has 1 aromatic heterocycles. The zero-order valence-corrected chi connectivity index (χ0v) is 13.5. The molecule has 24 heavy (non-hydrogen) atoms. The molecular weight excluding hydrogens is 306 g/mol. The number of aromatic nitrogens is 1. The summed E-state index contributed by atoms with van der Waals surface area (Å²) in [6.07, 6.45) is 1.74. The summed E-state index contributed by atoms with van der Waals surface area (Å²) in [7, 11) is 1.43. The summed E-state index contributed by atoms with van der Waals surface area (Å²) in [6, 6.07) is 8.20. The van der Waals surface area contributed by atoms with Crippen LogP contribution >= 0.6 is 0 Å². The normalized spacial score (nSPS) is 10.0. The molecule has 6 nitrogen and oxygen atoms in total. The Bertz CT molecular complexity index is 891. The lowest BCUT2D eigenvalue weighted by Gasteiger charge is -2.11. The Morgan fingerprint density at radius 3 is 2.67 bits per heavy atom. The summed E-state index contributed by atoms with van der Waals surface area (Å²) in [4.78, 5) is 39.8. The highest BCUT2D eigenvalue weighted by Crippen LogP contribution is 2.15. The highest BCUT2D eigenvalue weighted by atomic mass is 16.2. The summed E-state index contributed by atoms with van der Waals surface area (Å²) >= 11 is 0. The van der Waals surface area contributed by atoms with E-state index in [1.54, 1.807) is 31.2 Å². The number of carbonyl (C=O) groups excluding carboxylic acids is 2. The van der Waals surface area contributed by atoms with Gasteiger partial charge in [-0.2, -0.15) is 0 Å². The van der Waals surface area contributed by atoms with Gasteiger partial charge in [0.05, 0.1) is 6.57 Å². The second-order valence-electron chi connectivity index (χ2n) is 5.21. The number of carbonyl (C=O) groups is 2. The Hall–Kier alpha value is -3.20. The Labute approximate surface area is 139 Å². The predicted octanol–water partition coefficient (Wildman–Crippen LogP) is 2.40. The number of pyridine rings is 1. The molecule has 0 saturated carbocycles. The monoisotopic (exact) mass is 323 g/mol. The number of Topliss-reactive ketones (excluding diaryl/α,β-unsaturated/α-hetero) is 1. The van der Waals surface area contributed by atoms with Crippen molar-refractivity contribution >= 4 is 17.4 Å². The average Bonchev–Trinajstić information content (AvgIpc) is 2.62. The molecule has 1 N–H and O–H groups in total. The predicted molar refractivity (Wildman–Crippen MR) is 90.5 cm³/mol. The molecule has 1 aromatic carbocycles. The zero-order valence-electron chi connectivity index (χ0n) is 13.5. The molecule has 0 radical (unpaired) electrons. The SMILES string of the molecule is [C-]#[N+]c1cccc(Cn2cc(C(=O)CC)cc(C(=O)NC)c2=O)c1. The van der Waals surface area contributed by atoms with E-state index < -0.39 is 11.5 Å². The first kappa shape index (κ1) is 17.2. The van der Waals surface area contributed by atoms with Crippen molar-refractivity contribution in [2.75, 3.05) is 7.05 Å². The van der Waals surface area contributed by atoms with Gasteiger partial charge in [0.2, 0.25) is 0 Å². The van der Waals surface area contributed by atoms with Gasteiger partial charge in [-0.05, 0) is 11.6 Å². The Morgan fingerprint density at radius 1 is 1.29 bits per heavy atom. The number of ketones is 1. The second-order valence-corrected chi connectivity index (χ2v) is 5.21. The van der Waals surface area contributed by atoms with Crippen molar-refractivity contribution < 1.29 is 9.59 Å². The maximum absolute atomic E-state index is 12.5. The van der Waals surface area contributed by atoms with E-state index in [4.69, 9.17) is 6.57 Å². The van der Waals surface area contributed by atoms with Crippen molar-refractivity contribution in [3.05, 3.63) is 75.0 Å². The first-order valence-corrected chi connectivity index (χ1v) is 7.46. The minimum absolute atomic E-state index is 0.0712. The van der Waals surface area contributed by atoms with E-state index in [0.717, 1.165) is 5.56 Å². The molecule has 0 bridgehead atoms. The van der Waals surface area contributed by atoms with Crippen molar-refractivity contribution in [3.8, 4) is 0 Å². The second kappa shape index (κ2) is 7.38. The Kier molecular flexibility index (Phi) is 5.27. The van der Waals surface area contributed by atoms with Crippen LogP contribution in [0.3, 0.4) is 0 Å². The van der Waals surface area contributed by atoms with E-state index in [1.165, 1.54) is 23.9 Å². The van der Waals surface area contributed by atoms with E-state index in [-0.39, 0.29) is 24.3 Å². The van der Waals surface area contributed by atoms with Gasteiger partial charge in [-0.15, -0.1) is 0 Å². The largest absolute Gasteiger partial charge is 0.355 e. The summed E-state index contributed by atoms with van der Waals surface area (Å²) in [6.45, 7) is 8.95. The summed E-state index contributed by atoms with van der Waals surface area (Å²) < 4.78 is 1.33. The molecular formula is C18H17N3O3. The van der Waals surface area contributed by atoms with Gasteiger partial charge >= 0.3 is 0 Å². The van der Waals surface area contributed by atoms with Crippen LogP contribution in [0, 0.1) is 6.57 Å². The lowest BCUT2D eigenvalue weighted by molar-refractivity contribution is 0.0961. The number of nitrogens with zero attached hydrogens (tertiary/aromatic N) is 2. The molecule has 122 valence electrons. The molecule has 6 heteroatoms. The fourth-order valence-corrected chi connectivity index (χ4v) is 2.33. The summed E-state index contributed by atoms with van der Waals surface area (Å²) in [5.41, 5.74) is 0.979. The lowest BCUT2D eigenvalue weighted by atomic mass is 10.1. The minimum Gasteiger partial charge on any atom is -0.355 e. The van der Waals surface area contributed by atoms with Crippen molar-refractivity contribution in [1.29, 1.82) is 0 Å². The molecule has 2 rings (SSSR count). The van der Waals surface area contributed by atoms with Gasteiger partial charge in [0.25, 0.3) is 11.5 Å². The first-order valence-electron chi connectivity index (χ1n) is 7.46.